The molecule has 0 radical (unpaired) electrons. The number of nitrogens with zero attached hydrogens (tertiary/aromatic N) is 2. The molecule has 3 rings (SSSR count). The highest BCUT2D eigenvalue weighted by atomic mass is 32.2. The van der Waals surface area contributed by atoms with E-state index in [2.05, 4.69) is 0 Å². The van der Waals surface area contributed by atoms with Gasteiger partial charge in [0.1, 0.15) is 0 Å². The summed E-state index contributed by atoms with van der Waals surface area (Å²) in [6.45, 7) is 4.36. The predicted molar refractivity (Wildman–Crippen MR) is 91.4 cm³/mol. The second-order valence-electron chi connectivity index (χ2n) is 6.18. The largest absolute Gasteiger partial charge is 0.347 e. The van der Waals surface area contributed by atoms with E-state index in [0.29, 0.717) is 18.5 Å². The summed E-state index contributed by atoms with van der Waals surface area (Å²) in [4.78, 5) is 14.9. The van der Waals surface area contributed by atoms with Gasteiger partial charge in [-0.2, -0.15) is 0 Å². The smallest absolute Gasteiger partial charge is 0.256 e. The van der Waals surface area contributed by atoms with Gasteiger partial charge in [0, 0.05) is 36.2 Å². The fourth-order valence-electron chi connectivity index (χ4n) is 3.52. The van der Waals surface area contributed by atoms with Gasteiger partial charge < -0.3 is 9.47 Å². The average Bonchev–Trinajstić information content (AvgIpc) is 2.99. The number of amides is 1. The van der Waals surface area contributed by atoms with Crippen LogP contribution in [0.5, 0.6) is 0 Å². The van der Waals surface area contributed by atoms with E-state index in [4.69, 9.17) is 0 Å². The summed E-state index contributed by atoms with van der Waals surface area (Å²) >= 11 is 0. The van der Waals surface area contributed by atoms with Crippen LogP contribution in [-0.2, 0) is 16.9 Å². The van der Waals surface area contributed by atoms with Crippen molar-refractivity contribution in [2.24, 2.45) is 7.05 Å². The van der Waals surface area contributed by atoms with Crippen molar-refractivity contribution in [3.8, 4) is 0 Å². The predicted octanol–water partition coefficient (Wildman–Crippen LogP) is 2.14. The van der Waals surface area contributed by atoms with Gasteiger partial charge in [0.25, 0.3) is 5.91 Å². The molecule has 0 bridgehead atoms. The van der Waals surface area contributed by atoms with Gasteiger partial charge in [0.15, 0.2) is 9.84 Å². The molecule has 1 fully saturated rings. The summed E-state index contributed by atoms with van der Waals surface area (Å²) in [7, 11) is -1.06. The third-order valence-electron chi connectivity index (χ3n) is 4.86. The summed E-state index contributed by atoms with van der Waals surface area (Å²) in [6, 6.07) is 7.62. The van der Waals surface area contributed by atoms with Crippen LogP contribution in [-0.4, -0.2) is 47.9 Å². The maximum atomic E-state index is 13.1. The number of para-hydroxylation sites is 1. The molecule has 6 heteroatoms. The SMILES string of the molecule is CCN(C(=O)c1c(C)n(C)c2ccccc12)C1CCS(=O)(=O)C1. The molecule has 0 aliphatic carbocycles. The number of aromatic nitrogens is 1. The monoisotopic (exact) mass is 334 g/mol. The van der Waals surface area contributed by atoms with E-state index >= 15 is 0 Å². The molecule has 1 saturated heterocycles. The molecule has 1 amide bonds. The third-order valence-corrected chi connectivity index (χ3v) is 6.61. The maximum Gasteiger partial charge on any atom is 0.256 e. The summed E-state index contributed by atoms with van der Waals surface area (Å²) in [5, 5.41) is 0.928. The fourth-order valence-corrected chi connectivity index (χ4v) is 5.25. The fraction of sp³-hybridized carbons (Fsp3) is 0.471. The Labute approximate surface area is 136 Å². The molecule has 1 aromatic carbocycles. The standard InChI is InChI=1S/C17H22N2O3S/c1-4-19(13-9-10-23(21,22)11-13)17(20)16-12(2)18(3)15-8-6-5-7-14(15)16/h5-8,13H,4,9-11H2,1-3H3. The Bertz CT molecular complexity index is 867. The van der Waals surface area contributed by atoms with Crippen LogP contribution in [0.25, 0.3) is 10.9 Å². The molecule has 1 aliphatic rings. The number of benzene rings is 1. The van der Waals surface area contributed by atoms with Gasteiger partial charge in [0.2, 0.25) is 0 Å². The minimum absolute atomic E-state index is 0.0658. The number of fused-ring (bicyclic) bond motifs is 1. The van der Waals surface area contributed by atoms with Crippen LogP contribution in [0.4, 0.5) is 0 Å². The van der Waals surface area contributed by atoms with Gasteiger partial charge in [-0.25, -0.2) is 8.42 Å². The minimum atomic E-state index is -3.01. The molecule has 0 N–H and O–H groups in total. The molecule has 5 nitrogen and oxygen atoms in total. The third kappa shape index (κ3) is 2.65. The van der Waals surface area contributed by atoms with Crippen LogP contribution in [0.1, 0.15) is 29.4 Å². The number of carbonyl (C=O) groups is 1. The Hall–Kier alpha value is -1.82. The van der Waals surface area contributed by atoms with E-state index in [1.807, 2.05) is 49.7 Å². The van der Waals surface area contributed by atoms with Crippen molar-refractivity contribution in [1.29, 1.82) is 0 Å². The van der Waals surface area contributed by atoms with Crippen LogP contribution in [0.3, 0.4) is 0 Å². The van der Waals surface area contributed by atoms with E-state index < -0.39 is 9.84 Å². The number of carbonyl (C=O) groups excluding carboxylic acids is 1. The highest BCUT2D eigenvalue weighted by Crippen LogP contribution is 2.28. The highest BCUT2D eigenvalue weighted by molar-refractivity contribution is 7.91. The molecule has 2 heterocycles. The first-order chi connectivity index (χ1) is 10.9. The van der Waals surface area contributed by atoms with Gasteiger partial charge in [0.05, 0.1) is 17.1 Å². The molecule has 0 saturated carbocycles. The number of aryl methyl sites for hydroxylation is 1. The second kappa shape index (κ2) is 5.67. The quantitative estimate of drug-likeness (QED) is 0.864. The highest BCUT2D eigenvalue weighted by Gasteiger charge is 2.35. The Balaban J connectivity index is 2.04. The van der Waals surface area contributed by atoms with Crippen LogP contribution in [0.15, 0.2) is 24.3 Å². The summed E-state index contributed by atoms with van der Waals surface area (Å²) < 4.78 is 25.5. The molecular formula is C17H22N2O3S. The lowest BCUT2D eigenvalue weighted by molar-refractivity contribution is 0.0709. The van der Waals surface area contributed by atoms with E-state index in [9.17, 15) is 13.2 Å². The zero-order chi connectivity index (χ0) is 16.8. The van der Waals surface area contributed by atoms with E-state index in [1.54, 1.807) is 4.90 Å². The average molecular weight is 334 g/mol. The van der Waals surface area contributed by atoms with Crippen LogP contribution < -0.4 is 0 Å². The van der Waals surface area contributed by atoms with Gasteiger partial charge in [-0.15, -0.1) is 0 Å². The summed E-state index contributed by atoms with van der Waals surface area (Å²) in [6.07, 6.45) is 0.533. The van der Waals surface area contributed by atoms with Gasteiger partial charge in [-0.1, -0.05) is 18.2 Å². The van der Waals surface area contributed by atoms with Crippen molar-refractivity contribution in [2.75, 3.05) is 18.1 Å². The first-order valence-electron chi connectivity index (χ1n) is 7.91. The summed E-state index contributed by atoms with van der Waals surface area (Å²) in [5.74, 6) is 0.190. The first kappa shape index (κ1) is 16.1. The van der Waals surface area contributed by atoms with Crippen molar-refractivity contribution >= 4 is 26.6 Å². The zero-order valence-corrected chi connectivity index (χ0v) is 14.6. The minimum Gasteiger partial charge on any atom is -0.347 e. The number of rotatable bonds is 3. The molecular weight excluding hydrogens is 312 g/mol. The Morgan fingerprint density at radius 3 is 2.65 bits per heavy atom. The lowest BCUT2D eigenvalue weighted by atomic mass is 10.1. The molecule has 23 heavy (non-hydrogen) atoms. The maximum absolute atomic E-state index is 13.1. The van der Waals surface area contributed by atoms with Gasteiger partial charge in [-0.3, -0.25) is 4.79 Å². The molecule has 2 aromatic rings. The lowest BCUT2D eigenvalue weighted by Crippen LogP contribution is -2.41. The molecule has 1 aromatic heterocycles. The topological polar surface area (TPSA) is 59.4 Å². The van der Waals surface area contributed by atoms with Crippen molar-refractivity contribution in [3.05, 3.63) is 35.5 Å². The Kier molecular flexibility index (Phi) is 3.96. The molecule has 1 unspecified atom stereocenters. The lowest BCUT2D eigenvalue weighted by Gasteiger charge is -2.27. The van der Waals surface area contributed by atoms with Crippen molar-refractivity contribution in [1.82, 2.24) is 9.47 Å². The number of hydrogen-bond donors (Lipinski definition) is 0. The molecule has 1 atom stereocenters. The number of hydrogen-bond acceptors (Lipinski definition) is 3. The Morgan fingerprint density at radius 2 is 2.04 bits per heavy atom. The van der Waals surface area contributed by atoms with E-state index in [-0.39, 0.29) is 23.5 Å². The van der Waals surface area contributed by atoms with Crippen LogP contribution in [0.2, 0.25) is 0 Å². The van der Waals surface area contributed by atoms with Crippen molar-refractivity contribution < 1.29 is 13.2 Å². The van der Waals surface area contributed by atoms with Gasteiger partial charge >= 0.3 is 0 Å². The second-order valence-corrected chi connectivity index (χ2v) is 8.41. The number of sulfone groups is 1. The Morgan fingerprint density at radius 1 is 1.35 bits per heavy atom. The zero-order valence-electron chi connectivity index (χ0n) is 13.7. The van der Waals surface area contributed by atoms with E-state index in [0.717, 1.165) is 16.6 Å². The molecule has 1 aliphatic heterocycles. The van der Waals surface area contributed by atoms with Crippen LogP contribution in [0, 0.1) is 6.92 Å². The first-order valence-corrected chi connectivity index (χ1v) is 9.73. The van der Waals surface area contributed by atoms with Crippen molar-refractivity contribution in [2.45, 2.75) is 26.3 Å². The molecule has 0 spiro atoms. The normalized spacial score (nSPS) is 20.0. The van der Waals surface area contributed by atoms with Gasteiger partial charge in [-0.05, 0) is 26.3 Å². The van der Waals surface area contributed by atoms with Crippen LogP contribution >= 0.6 is 0 Å². The summed E-state index contributed by atoms with van der Waals surface area (Å²) in [5.41, 5.74) is 2.62. The van der Waals surface area contributed by atoms with E-state index in [1.165, 1.54) is 0 Å². The molecule has 124 valence electrons. The van der Waals surface area contributed by atoms with Crippen molar-refractivity contribution in [3.63, 3.8) is 0 Å².